The van der Waals surface area contributed by atoms with Crippen LogP contribution in [0.15, 0.2) is 57.7 Å². The Balaban J connectivity index is 1.80. The monoisotopic (exact) mass is 397 g/mol. The molecule has 1 saturated heterocycles. The highest BCUT2D eigenvalue weighted by molar-refractivity contribution is 7.91. The molecule has 3 aromatic rings. The van der Waals surface area contributed by atoms with Crippen LogP contribution in [0, 0.1) is 6.92 Å². The summed E-state index contributed by atoms with van der Waals surface area (Å²) in [6, 6.07) is 13.6. The number of hydrogen-bond donors (Lipinski definition) is 1. The summed E-state index contributed by atoms with van der Waals surface area (Å²) in [6.45, 7) is 1.70. The maximum Gasteiger partial charge on any atom is 0.255 e. The Morgan fingerprint density at radius 1 is 1.11 bits per heavy atom. The molecule has 1 atom stereocenters. The Kier molecular flexibility index (Phi) is 4.55. The smallest absolute Gasteiger partial charge is 0.255 e. The van der Waals surface area contributed by atoms with Crippen LogP contribution in [0.4, 0.5) is 0 Å². The molecule has 1 N–H and O–H groups in total. The van der Waals surface area contributed by atoms with Gasteiger partial charge in [0.1, 0.15) is 5.76 Å². The average molecular weight is 397 g/mol. The number of fused-ring (bicyclic) bond motifs is 1. The molecule has 6 nitrogen and oxygen atoms in total. The van der Waals surface area contributed by atoms with E-state index in [1.54, 1.807) is 25.1 Å². The number of carbonyl (C=O) groups is 1. The third-order valence-corrected chi connectivity index (χ3v) is 6.76. The Morgan fingerprint density at radius 2 is 1.86 bits per heavy atom. The molecule has 0 aliphatic carbocycles. The van der Waals surface area contributed by atoms with Crippen molar-refractivity contribution >= 4 is 26.7 Å². The first-order valence-corrected chi connectivity index (χ1v) is 10.8. The van der Waals surface area contributed by atoms with Crippen molar-refractivity contribution in [3.8, 4) is 11.3 Å². The largest absolute Gasteiger partial charge is 0.455 e. The highest BCUT2D eigenvalue weighted by atomic mass is 32.2. The van der Waals surface area contributed by atoms with E-state index in [0.717, 1.165) is 5.56 Å². The van der Waals surface area contributed by atoms with Gasteiger partial charge in [0.15, 0.2) is 20.8 Å². The molecule has 1 aromatic heterocycles. The van der Waals surface area contributed by atoms with E-state index in [1.807, 2.05) is 30.3 Å². The molecular formula is C21H19NO5S. The van der Waals surface area contributed by atoms with Crippen molar-refractivity contribution in [1.82, 2.24) is 5.32 Å². The van der Waals surface area contributed by atoms with Gasteiger partial charge in [0, 0.05) is 17.2 Å². The van der Waals surface area contributed by atoms with Crippen LogP contribution in [-0.2, 0) is 9.84 Å². The van der Waals surface area contributed by atoms with E-state index in [-0.39, 0.29) is 28.1 Å². The molecule has 1 fully saturated rings. The Morgan fingerprint density at radius 3 is 2.54 bits per heavy atom. The van der Waals surface area contributed by atoms with Crippen LogP contribution in [0.1, 0.15) is 22.3 Å². The van der Waals surface area contributed by atoms with E-state index in [2.05, 4.69) is 5.32 Å². The van der Waals surface area contributed by atoms with Crippen molar-refractivity contribution in [3.05, 3.63) is 69.9 Å². The van der Waals surface area contributed by atoms with Gasteiger partial charge in [-0.2, -0.15) is 0 Å². The van der Waals surface area contributed by atoms with Crippen molar-refractivity contribution in [1.29, 1.82) is 0 Å². The zero-order chi connectivity index (χ0) is 19.9. The zero-order valence-electron chi connectivity index (χ0n) is 15.3. The first-order chi connectivity index (χ1) is 13.4. The summed E-state index contributed by atoms with van der Waals surface area (Å²) in [7, 11) is -3.11. The molecule has 2 heterocycles. The molecule has 7 heteroatoms. The second-order valence-electron chi connectivity index (χ2n) is 7.01. The van der Waals surface area contributed by atoms with E-state index in [1.165, 1.54) is 0 Å². The molecule has 1 aliphatic rings. The van der Waals surface area contributed by atoms with Crippen molar-refractivity contribution in [2.75, 3.05) is 11.5 Å². The quantitative estimate of drug-likeness (QED) is 0.733. The van der Waals surface area contributed by atoms with Crippen molar-refractivity contribution in [2.45, 2.75) is 19.4 Å². The SMILES string of the molecule is Cc1c(-c2ccccc2)oc2c(C(=O)NC3CCS(=O)(=O)C3)cccc2c1=O. The standard InChI is InChI=1S/C21H19NO5S/c1-13-18(23)16-8-5-9-17(21(24)22-15-10-11-28(25,26)12-15)20(16)27-19(13)14-6-3-2-4-7-14/h2-9,15H,10-12H2,1H3,(H,22,24). The van der Waals surface area contributed by atoms with Crippen LogP contribution in [0.5, 0.6) is 0 Å². The Labute approximate surface area is 162 Å². The van der Waals surface area contributed by atoms with Gasteiger partial charge in [-0.05, 0) is 25.5 Å². The number of nitrogens with one attached hydrogen (secondary N) is 1. The number of benzene rings is 2. The van der Waals surface area contributed by atoms with Gasteiger partial charge < -0.3 is 9.73 Å². The zero-order valence-corrected chi connectivity index (χ0v) is 16.1. The fourth-order valence-electron chi connectivity index (χ4n) is 3.53. The molecule has 144 valence electrons. The predicted octanol–water partition coefficient (Wildman–Crippen LogP) is 2.69. The van der Waals surface area contributed by atoms with Gasteiger partial charge in [-0.1, -0.05) is 36.4 Å². The van der Waals surface area contributed by atoms with Crippen molar-refractivity contribution in [3.63, 3.8) is 0 Å². The highest BCUT2D eigenvalue weighted by Crippen LogP contribution is 2.27. The van der Waals surface area contributed by atoms with E-state index >= 15 is 0 Å². The molecule has 2 aromatic carbocycles. The Bertz CT molecular complexity index is 1230. The van der Waals surface area contributed by atoms with Crippen LogP contribution in [0.3, 0.4) is 0 Å². The van der Waals surface area contributed by atoms with Crippen LogP contribution in [0.25, 0.3) is 22.3 Å². The first kappa shape index (κ1) is 18.4. The summed E-state index contributed by atoms with van der Waals surface area (Å²) in [5, 5.41) is 3.08. The normalized spacial score (nSPS) is 18.2. The molecule has 1 unspecified atom stereocenters. The van der Waals surface area contributed by atoms with Gasteiger partial charge >= 0.3 is 0 Å². The summed E-state index contributed by atoms with van der Waals surface area (Å²) in [5.74, 6) is -0.0256. The number of carbonyl (C=O) groups excluding carboxylic acids is 1. The number of amides is 1. The topological polar surface area (TPSA) is 93.4 Å². The Hall–Kier alpha value is -2.93. The summed E-state index contributed by atoms with van der Waals surface area (Å²) in [4.78, 5) is 25.7. The van der Waals surface area contributed by atoms with Gasteiger partial charge in [-0.25, -0.2) is 8.42 Å². The van der Waals surface area contributed by atoms with Crippen molar-refractivity contribution in [2.24, 2.45) is 0 Å². The molecule has 28 heavy (non-hydrogen) atoms. The average Bonchev–Trinajstić information content (AvgIpc) is 3.03. The lowest BCUT2D eigenvalue weighted by atomic mass is 10.0. The maximum absolute atomic E-state index is 12.9. The second-order valence-corrected chi connectivity index (χ2v) is 9.24. The molecule has 0 spiro atoms. The summed E-state index contributed by atoms with van der Waals surface area (Å²) < 4.78 is 29.3. The predicted molar refractivity (Wildman–Crippen MR) is 107 cm³/mol. The van der Waals surface area contributed by atoms with Gasteiger partial charge in [-0.15, -0.1) is 0 Å². The highest BCUT2D eigenvalue weighted by Gasteiger charge is 2.30. The van der Waals surface area contributed by atoms with Crippen LogP contribution >= 0.6 is 0 Å². The molecular weight excluding hydrogens is 378 g/mol. The van der Waals surface area contributed by atoms with E-state index in [4.69, 9.17) is 4.42 Å². The van der Waals surface area contributed by atoms with Gasteiger partial charge in [-0.3, -0.25) is 9.59 Å². The molecule has 1 aliphatic heterocycles. The van der Waals surface area contributed by atoms with Gasteiger partial charge in [0.2, 0.25) is 0 Å². The molecule has 0 bridgehead atoms. The molecule has 0 saturated carbocycles. The van der Waals surface area contributed by atoms with Crippen LogP contribution in [0.2, 0.25) is 0 Å². The number of hydrogen-bond acceptors (Lipinski definition) is 5. The molecule has 4 rings (SSSR count). The fraction of sp³-hybridized carbons (Fsp3) is 0.238. The minimum Gasteiger partial charge on any atom is -0.455 e. The van der Waals surface area contributed by atoms with E-state index in [0.29, 0.717) is 23.1 Å². The third-order valence-electron chi connectivity index (χ3n) is 4.99. The number of sulfone groups is 1. The molecule has 0 radical (unpaired) electrons. The van der Waals surface area contributed by atoms with Crippen molar-refractivity contribution < 1.29 is 17.6 Å². The minimum absolute atomic E-state index is 0.0676. The van der Waals surface area contributed by atoms with Gasteiger partial charge in [0.25, 0.3) is 5.91 Å². The first-order valence-electron chi connectivity index (χ1n) is 8.99. The van der Waals surface area contributed by atoms with Gasteiger partial charge in [0.05, 0.1) is 22.5 Å². The van der Waals surface area contributed by atoms with Crippen LogP contribution < -0.4 is 10.7 Å². The van der Waals surface area contributed by atoms with E-state index in [9.17, 15) is 18.0 Å². The third kappa shape index (κ3) is 3.33. The lowest BCUT2D eigenvalue weighted by molar-refractivity contribution is 0.0942. The summed E-state index contributed by atoms with van der Waals surface area (Å²) in [6.07, 6.45) is 0.386. The number of para-hydroxylation sites is 1. The summed E-state index contributed by atoms with van der Waals surface area (Å²) in [5.41, 5.74) is 1.44. The maximum atomic E-state index is 12.9. The lowest BCUT2D eigenvalue weighted by Crippen LogP contribution is -2.35. The number of rotatable bonds is 3. The van der Waals surface area contributed by atoms with E-state index < -0.39 is 21.8 Å². The van der Waals surface area contributed by atoms with Crippen LogP contribution in [-0.4, -0.2) is 31.9 Å². The lowest BCUT2D eigenvalue weighted by Gasteiger charge is -2.13. The second kappa shape index (κ2) is 6.91. The molecule has 1 amide bonds. The minimum atomic E-state index is -3.11. The fourth-order valence-corrected chi connectivity index (χ4v) is 5.20. The summed E-state index contributed by atoms with van der Waals surface area (Å²) >= 11 is 0.